The quantitative estimate of drug-likeness (QED) is 0.823. The van der Waals surface area contributed by atoms with E-state index >= 15 is 0 Å². The smallest absolute Gasteiger partial charge is 0.0229 e. The molecule has 2 aliphatic rings. The topological polar surface area (TPSA) is 26.0 Å². The fourth-order valence-corrected chi connectivity index (χ4v) is 3.07. The number of rotatable bonds is 2. The summed E-state index contributed by atoms with van der Waals surface area (Å²) in [4.78, 5) is 0. The van der Waals surface area contributed by atoms with Crippen LogP contribution in [0.2, 0.25) is 0 Å². The first kappa shape index (κ1) is 12.0. The van der Waals surface area contributed by atoms with Crippen LogP contribution in [-0.2, 0) is 0 Å². The van der Waals surface area contributed by atoms with Crippen molar-refractivity contribution in [1.29, 1.82) is 0 Å². The maximum Gasteiger partial charge on any atom is 0.0229 e. The third-order valence-corrected chi connectivity index (χ3v) is 4.51. The summed E-state index contributed by atoms with van der Waals surface area (Å²) in [5.41, 5.74) is 10.5. The molecule has 18 heavy (non-hydrogen) atoms. The van der Waals surface area contributed by atoms with E-state index in [1.807, 2.05) is 0 Å². The molecule has 1 heteroatoms. The maximum atomic E-state index is 6.09. The summed E-state index contributed by atoms with van der Waals surface area (Å²) in [7, 11) is 0. The average molecular weight is 241 g/mol. The largest absolute Gasteiger partial charge is 0.324 e. The summed E-state index contributed by atoms with van der Waals surface area (Å²) >= 11 is 0. The summed E-state index contributed by atoms with van der Waals surface area (Å²) in [6, 6.07) is 9.52. The van der Waals surface area contributed by atoms with E-state index in [2.05, 4.69) is 30.3 Å². The van der Waals surface area contributed by atoms with Crippen molar-refractivity contribution in [3.8, 4) is 0 Å². The first-order valence-electron chi connectivity index (χ1n) is 7.39. The zero-order valence-corrected chi connectivity index (χ0v) is 11.1. The lowest BCUT2D eigenvalue weighted by Crippen LogP contribution is -2.15. The Labute approximate surface area is 110 Å². The molecule has 0 amide bonds. The van der Waals surface area contributed by atoms with Gasteiger partial charge in [-0.2, -0.15) is 0 Å². The Morgan fingerprint density at radius 3 is 2.33 bits per heavy atom. The predicted octanol–water partition coefficient (Wildman–Crippen LogP) is 4.24. The van der Waals surface area contributed by atoms with Gasteiger partial charge in [0.1, 0.15) is 0 Å². The molecule has 1 aromatic carbocycles. The van der Waals surface area contributed by atoms with E-state index < -0.39 is 0 Å². The molecule has 0 radical (unpaired) electrons. The molecule has 0 spiro atoms. The van der Waals surface area contributed by atoms with Crippen LogP contribution < -0.4 is 5.73 Å². The van der Waals surface area contributed by atoms with Crippen molar-refractivity contribution in [2.45, 2.75) is 56.9 Å². The molecular formula is C17H23N. The average Bonchev–Trinajstić information content (AvgIpc) is 2.53. The second kappa shape index (κ2) is 5.27. The van der Waals surface area contributed by atoms with Gasteiger partial charge in [0, 0.05) is 6.04 Å². The van der Waals surface area contributed by atoms with Gasteiger partial charge in [-0.1, -0.05) is 43.2 Å². The van der Waals surface area contributed by atoms with Crippen LogP contribution in [0.4, 0.5) is 0 Å². The fourth-order valence-electron chi connectivity index (χ4n) is 3.07. The Morgan fingerprint density at radius 1 is 0.889 bits per heavy atom. The van der Waals surface area contributed by atoms with E-state index in [1.165, 1.54) is 55.2 Å². The Morgan fingerprint density at radius 2 is 1.67 bits per heavy atom. The number of allylic oxidation sites excluding steroid dienone is 1. The van der Waals surface area contributed by atoms with Crippen LogP contribution in [0.15, 0.2) is 30.3 Å². The SMILES string of the molecule is NC1C=C(c2ccc(C3CCC3)cc2)CCCC1. The molecule has 1 saturated carbocycles. The third kappa shape index (κ3) is 2.51. The molecule has 96 valence electrons. The Kier molecular flexibility index (Phi) is 3.51. The van der Waals surface area contributed by atoms with E-state index in [0.717, 1.165) is 12.3 Å². The van der Waals surface area contributed by atoms with Crippen LogP contribution >= 0.6 is 0 Å². The molecule has 2 N–H and O–H groups in total. The summed E-state index contributed by atoms with van der Waals surface area (Å²) in [5, 5.41) is 0. The number of hydrogen-bond acceptors (Lipinski definition) is 1. The lowest BCUT2D eigenvalue weighted by atomic mass is 9.80. The molecule has 1 unspecified atom stereocenters. The van der Waals surface area contributed by atoms with Gasteiger partial charge in [0.25, 0.3) is 0 Å². The molecule has 1 atom stereocenters. The van der Waals surface area contributed by atoms with Crippen molar-refractivity contribution >= 4 is 5.57 Å². The van der Waals surface area contributed by atoms with Gasteiger partial charge in [0.05, 0.1) is 0 Å². The predicted molar refractivity (Wildman–Crippen MR) is 77.5 cm³/mol. The number of nitrogens with two attached hydrogens (primary N) is 1. The second-order valence-corrected chi connectivity index (χ2v) is 5.85. The van der Waals surface area contributed by atoms with Crippen molar-refractivity contribution in [3.63, 3.8) is 0 Å². The van der Waals surface area contributed by atoms with Crippen molar-refractivity contribution in [1.82, 2.24) is 0 Å². The molecule has 0 heterocycles. The molecule has 0 saturated heterocycles. The molecule has 1 aromatic rings. The molecular weight excluding hydrogens is 218 g/mol. The Balaban J connectivity index is 1.78. The Bertz CT molecular complexity index is 425. The van der Waals surface area contributed by atoms with Crippen LogP contribution in [0.25, 0.3) is 5.57 Å². The molecule has 1 nitrogen and oxygen atoms in total. The highest BCUT2D eigenvalue weighted by molar-refractivity contribution is 5.66. The van der Waals surface area contributed by atoms with Crippen molar-refractivity contribution in [2.24, 2.45) is 5.73 Å². The maximum absolute atomic E-state index is 6.09. The highest BCUT2D eigenvalue weighted by atomic mass is 14.6. The number of hydrogen-bond donors (Lipinski definition) is 1. The van der Waals surface area contributed by atoms with E-state index in [4.69, 9.17) is 5.73 Å². The minimum absolute atomic E-state index is 0.258. The summed E-state index contributed by atoms with van der Waals surface area (Å²) in [5.74, 6) is 0.837. The highest BCUT2D eigenvalue weighted by Crippen LogP contribution is 2.37. The molecule has 0 bridgehead atoms. The summed E-state index contributed by atoms with van der Waals surface area (Å²) in [6.45, 7) is 0. The lowest BCUT2D eigenvalue weighted by Gasteiger charge is -2.26. The van der Waals surface area contributed by atoms with Crippen molar-refractivity contribution < 1.29 is 0 Å². The van der Waals surface area contributed by atoms with Gasteiger partial charge in [0.15, 0.2) is 0 Å². The van der Waals surface area contributed by atoms with Gasteiger partial charge in [-0.15, -0.1) is 0 Å². The van der Waals surface area contributed by atoms with Crippen LogP contribution in [0, 0.1) is 0 Å². The summed E-state index contributed by atoms with van der Waals surface area (Å²) < 4.78 is 0. The van der Waals surface area contributed by atoms with Crippen LogP contribution in [0.1, 0.15) is 62.0 Å². The molecule has 1 fully saturated rings. The normalized spacial score (nSPS) is 25.2. The lowest BCUT2D eigenvalue weighted by molar-refractivity contribution is 0.420. The van der Waals surface area contributed by atoms with Gasteiger partial charge in [-0.3, -0.25) is 0 Å². The van der Waals surface area contributed by atoms with E-state index in [9.17, 15) is 0 Å². The summed E-state index contributed by atoms with van der Waals surface area (Å²) in [6.07, 6.45) is 11.3. The van der Waals surface area contributed by atoms with Gasteiger partial charge in [-0.25, -0.2) is 0 Å². The number of benzene rings is 1. The minimum atomic E-state index is 0.258. The van der Waals surface area contributed by atoms with Crippen LogP contribution in [0.3, 0.4) is 0 Å². The highest BCUT2D eigenvalue weighted by Gasteiger charge is 2.19. The first-order valence-corrected chi connectivity index (χ1v) is 7.39. The monoisotopic (exact) mass is 241 g/mol. The Hall–Kier alpha value is -1.08. The zero-order valence-electron chi connectivity index (χ0n) is 11.1. The van der Waals surface area contributed by atoms with Crippen molar-refractivity contribution in [2.75, 3.05) is 0 Å². The molecule has 3 rings (SSSR count). The van der Waals surface area contributed by atoms with Gasteiger partial charge in [0.2, 0.25) is 0 Å². The first-order chi connectivity index (χ1) is 8.83. The second-order valence-electron chi connectivity index (χ2n) is 5.85. The fraction of sp³-hybridized carbons (Fsp3) is 0.529. The minimum Gasteiger partial charge on any atom is -0.324 e. The molecule has 2 aliphatic carbocycles. The van der Waals surface area contributed by atoms with Crippen LogP contribution in [0.5, 0.6) is 0 Å². The van der Waals surface area contributed by atoms with Gasteiger partial charge >= 0.3 is 0 Å². The van der Waals surface area contributed by atoms with Crippen LogP contribution in [-0.4, -0.2) is 6.04 Å². The van der Waals surface area contributed by atoms with E-state index in [0.29, 0.717) is 0 Å². The van der Waals surface area contributed by atoms with Crippen molar-refractivity contribution in [3.05, 3.63) is 41.5 Å². The van der Waals surface area contributed by atoms with Gasteiger partial charge < -0.3 is 5.73 Å². The standard InChI is InChI=1S/C17H23N/c18-17-7-2-1-4-16(12-17)15-10-8-14(9-11-15)13-5-3-6-13/h8-13,17H,1-7,18H2. The van der Waals surface area contributed by atoms with E-state index in [-0.39, 0.29) is 6.04 Å². The van der Waals surface area contributed by atoms with Gasteiger partial charge in [-0.05, 0) is 54.7 Å². The van der Waals surface area contributed by atoms with E-state index in [1.54, 1.807) is 0 Å². The zero-order chi connectivity index (χ0) is 12.4. The molecule has 0 aromatic heterocycles. The molecule has 0 aliphatic heterocycles. The third-order valence-electron chi connectivity index (χ3n) is 4.51.